The van der Waals surface area contributed by atoms with Crippen molar-refractivity contribution in [3.63, 3.8) is 0 Å². The minimum absolute atomic E-state index is 0.0217. The number of aliphatic hydroxyl groups excluding tert-OH is 1. The third kappa shape index (κ3) is 4.29. The van der Waals surface area contributed by atoms with Crippen LogP contribution in [-0.2, 0) is 5.41 Å². The Labute approximate surface area is 235 Å². The van der Waals surface area contributed by atoms with Crippen molar-refractivity contribution < 1.29 is 28.8 Å². The molecule has 6 rings (SSSR count). The summed E-state index contributed by atoms with van der Waals surface area (Å²) in [4.78, 5) is 39.3. The van der Waals surface area contributed by atoms with Crippen LogP contribution >= 0.6 is 0 Å². The second kappa shape index (κ2) is 9.58. The lowest BCUT2D eigenvalue weighted by molar-refractivity contribution is -0.513. The minimum Gasteiger partial charge on any atom is -0.492 e. The molecule has 5 atom stereocenters. The summed E-state index contributed by atoms with van der Waals surface area (Å²) in [6, 6.07) is 5.90. The van der Waals surface area contributed by atoms with Crippen molar-refractivity contribution in [2.24, 2.45) is 16.5 Å². The predicted octanol–water partition coefficient (Wildman–Crippen LogP) is -2.75. The molecule has 1 aromatic carbocycles. The van der Waals surface area contributed by atoms with Crippen molar-refractivity contribution in [2.75, 3.05) is 19.7 Å². The van der Waals surface area contributed by atoms with Crippen molar-refractivity contribution in [3.05, 3.63) is 59.2 Å². The van der Waals surface area contributed by atoms with E-state index in [0.29, 0.717) is 17.9 Å². The Hall–Kier alpha value is -4.46. The average Bonchev–Trinajstić information content (AvgIpc) is 3.43. The zero-order valence-corrected chi connectivity index (χ0v) is 22.6. The third-order valence-corrected chi connectivity index (χ3v) is 8.45. The molecule has 1 fully saturated rings. The van der Waals surface area contributed by atoms with Crippen LogP contribution < -0.4 is 37.1 Å². The molecule has 1 aromatic heterocycles. The number of benzene rings is 1. The van der Waals surface area contributed by atoms with Crippen LogP contribution in [0, 0.1) is 5.82 Å². The van der Waals surface area contributed by atoms with Gasteiger partial charge in [-0.2, -0.15) is 0 Å². The molecule has 1 spiro atoms. The van der Waals surface area contributed by atoms with E-state index in [9.17, 15) is 19.1 Å². The monoisotopic (exact) mass is 566 g/mol. The fraction of sp³-hybridized carbons (Fsp3) is 0.444. The molecular weight excluding hydrogens is 533 g/mol. The van der Waals surface area contributed by atoms with Crippen LogP contribution in [0.25, 0.3) is 0 Å². The van der Waals surface area contributed by atoms with Crippen LogP contribution in [0.3, 0.4) is 0 Å². The maximum Gasteiger partial charge on any atom is 0.343 e. The molecule has 4 aliphatic heterocycles. The zero-order valence-electron chi connectivity index (χ0n) is 22.6. The van der Waals surface area contributed by atoms with Gasteiger partial charge < -0.3 is 31.1 Å². The van der Waals surface area contributed by atoms with E-state index in [1.807, 2.05) is 12.1 Å². The number of aliphatic hydroxyl groups is 1. The van der Waals surface area contributed by atoms with E-state index in [4.69, 9.17) is 16.2 Å². The van der Waals surface area contributed by atoms with Crippen LogP contribution in [0.2, 0.25) is 0 Å². The Balaban J connectivity index is 1.22. The molecule has 13 nitrogen and oxygen atoms in total. The van der Waals surface area contributed by atoms with Crippen molar-refractivity contribution in [2.45, 2.75) is 55.6 Å². The molecular formula is C27H33FN9O4+. The van der Waals surface area contributed by atoms with E-state index in [1.165, 1.54) is 6.07 Å². The topological polar surface area (TPSA) is 194 Å². The number of aliphatic imine (C=N–C) groups is 1. The highest BCUT2D eigenvalue weighted by atomic mass is 19.1. The van der Waals surface area contributed by atoms with Crippen LogP contribution in [-0.4, -0.2) is 88.3 Å². The first-order chi connectivity index (χ1) is 19.5. The lowest BCUT2D eigenvalue weighted by Crippen LogP contribution is -2.88. The van der Waals surface area contributed by atoms with Gasteiger partial charge in [-0.05, 0) is 30.0 Å². The summed E-state index contributed by atoms with van der Waals surface area (Å²) < 4.78 is 19.1. The molecule has 0 radical (unpaired) electrons. The smallest absolute Gasteiger partial charge is 0.343 e. The summed E-state index contributed by atoms with van der Waals surface area (Å²) in [5.74, 6) is -0.603. The fourth-order valence-electron chi connectivity index (χ4n) is 6.28. The van der Waals surface area contributed by atoms with Gasteiger partial charge in [0.1, 0.15) is 29.4 Å². The molecule has 0 saturated carbocycles. The van der Waals surface area contributed by atoms with Gasteiger partial charge in [-0.1, -0.05) is 26.0 Å². The van der Waals surface area contributed by atoms with E-state index >= 15 is 0 Å². The Kier molecular flexibility index (Phi) is 6.25. The first-order valence-electron chi connectivity index (χ1n) is 13.4. The Bertz CT molecular complexity index is 1460. The number of carbonyl (C=O) groups excluding carboxylic acids is 2. The maximum absolute atomic E-state index is 13.5. The highest BCUT2D eigenvalue weighted by Gasteiger charge is 2.68. The van der Waals surface area contributed by atoms with Crippen LogP contribution in [0.5, 0.6) is 5.75 Å². The molecule has 5 heterocycles. The molecule has 2 unspecified atom stereocenters. The number of nitrogens with two attached hydrogens (primary N) is 2. The number of nitrogens with zero attached hydrogens (tertiary/aromatic N) is 3. The quantitative estimate of drug-likeness (QED) is 0.201. The van der Waals surface area contributed by atoms with Gasteiger partial charge in [-0.25, -0.2) is 19.7 Å². The van der Waals surface area contributed by atoms with Crippen LogP contribution in [0.4, 0.5) is 4.39 Å². The Morgan fingerprint density at radius 3 is 2.83 bits per heavy atom. The number of amides is 2. The second-order valence-electron chi connectivity index (χ2n) is 11.4. The molecule has 2 amide bonds. The lowest BCUT2D eigenvalue weighted by Gasteiger charge is -2.43. The van der Waals surface area contributed by atoms with Gasteiger partial charge in [0.05, 0.1) is 24.4 Å². The van der Waals surface area contributed by atoms with E-state index in [1.54, 1.807) is 11.0 Å². The van der Waals surface area contributed by atoms with Gasteiger partial charge in [-0.15, -0.1) is 0 Å². The van der Waals surface area contributed by atoms with Crippen LogP contribution in [0.1, 0.15) is 46.7 Å². The predicted molar refractivity (Wildman–Crippen MR) is 145 cm³/mol. The number of aromatic nitrogens is 1. The number of ether oxygens (including phenoxy) is 1. The number of hydrogen-bond acceptors (Lipinski definition) is 10. The van der Waals surface area contributed by atoms with E-state index < -0.39 is 41.6 Å². The van der Waals surface area contributed by atoms with Crippen LogP contribution in [0.15, 0.2) is 41.5 Å². The minimum atomic E-state index is -1.24. The lowest BCUT2D eigenvalue weighted by atomic mass is 9.79. The molecule has 14 heteroatoms. The summed E-state index contributed by atoms with van der Waals surface area (Å²) in [6.07, 6.45) is 0.619. The van der Waals surface area contributed by atoms with E-state index in [2.05, 4.69) is 44.8 Å². The fourth-order valence-corrected chi connectivity index (χ4v) is 6.28. The molecule has 1 saturated heterocycles. The average molecular weight is 567 g/mol. The van der Waals surface area contributed by atoms with Crippen molar-refractivity contribution in [3.8, 4) is 5.75 Å². The number of para-hydroxylation sites is 1. The first kappa shape index (κ1) is 26.7. The number of fused-ring (bicyclic) bond motifs is 1. The summed E-state index contributed by atoms with van der Waals surface area (Å²) in [7, 11) is 0. The van der Waals surface area contributed by atoms with E-state index in [0.717, 1.165) is 24.2 Å². The van der Waals surface area contributed by atoms with Gasteiger partial charge >= 0.3 is 5.96 Å². The van der Waals surface area contributed by atoms with Crippen molar-refractivity contribution in [1.82, 2.24) is 25.8 Å². The number of nitrogens with one attached hydrogen (secondary N) is 4. The largest absolute Gasteiger partial charge is 0.492 e. The van der Waals surface area contributed by atoms with E-state index in [-0.39, 0.29) is 42.0 Å². The number of carbonyl (C=O) groups is 2. The SMILES string of the molecule is CC1(C)CCOc2c(C(=O)NC3CN4C(N)=N[C@@H](CNC(=O)c5ccc(F)cn5)[C@@H]5[NH+]=C(N)NC54[C@@H]3O)cccc21. The number of hydrogen-bond donors (Lipinski definition) is 7. The van der Waals surface area contributed by atoms with Gasteiger partial charge in [0.2, 0.25) is 5.66 Å². The molecule has 4 aliphatic rings. The standard InChI is InChI=1S/C27H32FN9O4/c1-26(2)8-9-41-19-14(4-3-5-15(19)26)22(39)33-18-12-37-25(30)34-17(20-27(37,21(18)38)36-24(29)35-20)11-32-23(40)16-7-6-13(28)10-31-16/h3-7,10,17-18,20-21,38H,8-9,11-12H2,1-2H3,(H2,30,34)(H,32,40)(H,33,39)(H3,29,35,36)/p+1/t17-,18?,20-,21+,27?/m0/s1. The molecule has 0 aliphatic carbocycles. The van der Waals surface area contributed by atoms with Crippen molar-refractivity contribution in [1.29, 1.82) is 0 Å². The summed E-state index contributed by atoms with van der Waals surface area (Å²) >= 11 is 0. The Morgan fingerprint density at radius 2 is 2.07 bits per heavy atom. The van der Waals surface area contributed by atoms with Gasteiger partial charge in [0.25, 0.3) is 11.8 Å². The summed E-state index contributed by atoms with van der Waals surface area (Å²) in [6.45, 7) is 4.91. The number of guanidine groups is 2. The molecule has 0 bridgehead atoms. The van der Waals surface area contributed by atoms with Gasteiger partial charge in [0, 0.05) is 18.7 Å². The number of pyridine rings is 1. The number of halogens is 1. The first-order valence-corrected chi connectivity index (χ1v) is 13.4. The maximum atomic E-state index is 13.5. The molecule has 2 aromatic rings. The third-order valence-electron chi connectivity index (χ3n) is 8.45. The molecule has 216 valence electrons. The Morgan fingerprint density at radius 1 is 1.27 bits per heavy atom. The highest BCUT2D eigenvalue weighted by molar-refractivity contribution is 5.98. The van der Waals surface area contributed by atoms with Gasteiger partial charge in [0.15, 0.2) is 12.0 Å². The summed E-state index contributed by atoms with van der Waals surface area (Å²) in [5.41, 5.74) is 12.5. The second-order valence-corrected chi connectivity index (χ2v) is 11.4. The van der Waals surface area contributed by atoms with Crippen molar-refractivity contribution >= 4 is 23.7 Å². The molecule has 41 heavy (non-hydrogen) atoms. The summed E-state index contributed by atoms with van der Waals surface area (Å²) in [5, 5.41) is 20.5. The zero-order chi connectivity index (χ0) is 29.1. The molecule has 9 N–H and O–H groups in total. The highest BCUT2D eigenvalue weighted by Crippen LogP contribution is 2.41. The van der Waals surface area contributed by atoms with Gasteiger partial charge in [-0.3, -0.25) is 20.3 Å². The number of rotatable bonds is 5. The normalized spacial score (nSPS) is 29.1.